The standard InChI is InChI=1S/C18H15N7O5S3/c26-11(5-8-3-4-31-18(8)30)19-13-15(27)24-14(17(28)29)9(7-33-16(13)24)6-32-12-2-1-10-20-22-23-25(10)21-12/h1-4,13,16,30H,5-7H2,(H,19,26)(H,28,29)/t13?,16-/m0/s1. The number of carboxylic acids is 1. The number of thioether (sulfide) groups is 2. The second-order valence-electron chi connectivity index (χ2n) is 7.13. The largest absolute Gasteiger partial charge is 0.499 e. The molecule has 170 valence electrons. The Hall–Kier alpha value is -3.17. The smallest absolute Gasteiger partial charge is 0.352 e. The van der Waals surface area contributed by atoms with Gasteiger partial charge in [0.15, 0.2) is 10.7 Å². The van der Waals surface area contributed by atoms with Crippen molar-refractivity contribution in [3.8, 4) is 5.06 Å². The lowest BCUT2D eigenvalue weighted by molar-refractivity contribution is -0.150. The Labute approximate surface area is 198 Å². The quantitative estimate of drug-likeness (QED) is 0.300. The molecular weight excluding hydrogens is 490 g/mol. The first kappa shape index (κ1) is 21.7. The van der Waals surface area contributed by atoms with Crippen molar-refractivity contribution in [1.29, 1.82) is 0 Å². The lowest BCUT2D eigenvalue weighted by Gasteiger charge is -2.49. The van der Waals surface area contributed by atoms with E-state index in [0.29, 0.717) is 33.3 Å². The third kappa shape index (κ3) is 4.02. The summed E-state index contributed by atoms with van der Waals surface area (Å²) in [7, 11) is 0. The minimum absolute atomic E-state index is 0.0549. The van der Waals surface area contributed by atoms with E-state index in [1.54, 1.807) is 23.6 Å². The van der Waals surface area contributed by atoms with E-state index in [4.69, 9.17) is 0 Å². The van der Waals surface area contributed by atoms with Gasteiger partial charge in [0.1, 0.15) is 22.1 Å². The third-order valence-electron chi connectivity index (χ3n) is 5.08. The van der Waals surface area contributed by atoms with Crippen LogP contribution < -0.4 is 5.32 Å². The summed E-state index contributed by atoms with van der Waals surface area (Å²) in [5, 5.41) is 39.3. The molecule has 1 saturated heterocycles. The van der Waals surface area contributed by atoms with Gasteiger partial charge in [0.25, 0.3) is 5.91 Å². The minimum Gasteiger partial charge on any atom is -0.499 e. The number of aromatic hydroxyl groups is 1. The topological polar surface area (TPSA) is 163 Å². The maximum atomic E-state index is 12.8. The molecule has 12 nitrogen and oxygen atoms in total. The van der Waals surface area contributed by atoms with Crippen LogP contribution in [0.2, 0.25) is 0 Å². The number of tetrazole rings is 1. The first-order valence-corrected chi connectivity index (χ1v) is 12.5. The Bertz CT molecular complexity index is 1310. The van der Waals surface area contributed by atoms with Crippen molar-refractivity contribution in [1.82, 2.24) is 35.5 Å². The van der Waals surface area contributed by atoms with Crippen LogP contribution in [0.1, 0.15) is 5.56 Å². The second kappa shape index (κ2) is 8.64. The van der Waals surface area contributed by atoms with Gasteiger partial charge in [-0.25, -0.2) is 4.79 Å². The number of carboxylic acid groups (broad SMARTS) is 1. The number of aliphatic carboxylic acids is 1. The maximum absolute atomic E-state index is 12.8. The first-order valence-electron chi connectivity index (χ1n) is 9.55. The van der Waals surface area contributed by atoms with Crippen LogP contribution in [0.4, 0.5) is 0 Å². The predicted octanol–water partition coefficient (Wildman–Crippen LogP) is 0.360. The molecule has 2 aliphatic heterocycles. The summed E-state index contributed by atoms with van der Waals surface area (Å²) in [6.45, 7) is 0. The molecule has 0 bridgehead atoms. The number of nitrogens with one attached hydrogen (secondary N) is 1. The molecule has 3 N–H and O–H groups in total. The van der Waals surface area contributed by atoms with E-state index in [9.17, 15) is 24.6 Å². The monoisotopic (exact) mass is 505 g/mol. The van der Waals surface area contributed by atoms with Gasteiger partial charge < -0.3 is 15.5 Å². The van der Waals surface area contributed by atoms with Crippen molar-refractivity contribution in [3.05, 3.63) is 40.4 Å². The average Bonchev–Trinajstić information content (AvgIpc) is 3.43. The van der Waals surface area contributed by atoms with Crippen LogP contribution >= 0.6 is 34.9 Å². The number of amides is 2. The van der Waals surface area contributed by atoms with E-state index in [1.807, 2.05) is 0 Å². The molecule has 15 heteroatoms. The van der Waals surface area contributed by atoms with E-state index in [-0.39, 0.29) is 17.2 Å². The highest BCUT2D eigenvalue weighted by Crippen LogP contribution is 2.41. The van der Waals surface area contributed by atoms with Crippen LogP contribution in [0, 0.1) is 0 Å². The summed E-state index contributed by atoms with van der Waals surface area (Å²) in [5.74, 6) is -1.35. The maximum Gasteiger partial charge on any atom is 0.352 e. The van der Waals surface area contributed by atoms with Gasteiger partial charge in [-0.05, 0) is 39.6 Å². The first-order chi connectivity index (χ1) is 15.9. The minimum atomic E-state index is -1.19. The second-order valence-corrected chi connectivity index (χ2v) is 10.1. The van der Waals surface area contributed by atoms with E-state index >= 15 is 0 Å². The number of thiophene rings is 1. The Kier molecular flexibility index (Phi) is 5.67. The zero-order valence-electron chi connectivity index (χ0n) is 16.6. The number of carbonyl (C=O) groups excluding carboxylic acids is 2. The molecular formula is C18H15N7O5S3. The van der Waals surface area contributed by atoms with Gasteiger partial charge in [-0.15, -0.1) is 49.7 Å². The number of hydrogen-bond donors (Lipinski definition) is 3. The van der Waals surface area contributed by atoms with Gasteiger partial charge in [-0.3, -0.25) is 14.5 Å². The van der Waals surface area contributed by atoms with E-state index < -0.39 is 29.2 Å². The van der Waals surface area contributed by atoms with Crippen LogP contribution in [0.3, 0.4) is 0 Å². The summed E-state index contributed by atoms with van der Waals surface area (Å²) in [6, 6.07) is 4.28. The van der Waals surface area contributed by atoms with Crippen LogP contribution in [0.15, 0.2) is 39.9 Å². The van der Waals surface area contributed by atoms with Gasteiger partial charge in [0.2, 0.25) is 5.91 Å². The van der Waals surface area contributed by atoms with Crippen molar-refractivity contribution in [2.24, 2.45) is 0 Å². The summed E-state index contributed by atoms with van der Waals surface area (Å²) in [5.41, 5.74) is 1.51. The highest BCUT2D eigenvalue weighted by atomic mass is 32.2. The molecule has 1 fully saturated rings. The highest BCUT2D eigenvalue weighted by Gasteiger charge is 2.54. The molecule has 33 heavy (non-hydrogen) atoms. The molecule has 0 spiro atoms. The molecule has 0 aromatic carbocycles. The number of aromatic nitrogens is 5. The molecule has 5 heterocycles. The number of hydrogen-bond acceptors (Lipinski definition) is 11. The van der Waals surface area contributed by atoms with E-state index in [1.165, 1.54) is 33.1 Å². The van der Waals surface area contributed by atoms with Gasteiger partial charge in [-0.2, -0.15) is 0 Å². The Morgan fingerprint density at radius 1 is 1.30 bits per heavy atom. The molecule has 2 atom stereocenters. The van der Waals surface area contributed by atoms with Crippen LogP contribution in [0.5, 0.6) is 5.06 Å². The zero-order chi connectivity index (χ0) is 23.1. The number of carbonyl (C=O) groups is 3. The number of fused-ring (bicyclic) bond motifs is 2. The number of rotatable bonds is 7. The van der Waals surface area contributed by atoms with Crippen LogP contribution in [-0.2, 0) is 20.8 Å². The van der Waals surface area contributed by atoms with Crippen LogP contribution in [0.25, 0.3) is 5.65 Å². The summed E-state index contributed by atoms with van der Waals surface area (Å²) in [4.78, 5) is 38.3. The Morgan fingerprint density at radius 3 is 2.91 bits per heavy atom. The lowest BCUT2D eigenvalue weighted by Crippen LogP contribution is -2.70. The molecule has 5 rings (SSSR count). The molecule has 0 radical (unpaired) electrons. The van der Waals surface area contributed by atoms with Crippen LogP contribution in [-0.4, -0.2) is 81.1 Å². The zero-order valence-corrected chi connectivity index (χ0v) is 19.1. The van der Waals surface area contributed by atoms with Crippen molar-refractivity contribution in [3.63, 3.8) is 0 Å². The lowest BCUT2D eigenvalue weighted by atomic mass is 10.0. The average molecular weight is 506 g/mol. The molecule has 3 aromatic rings. The number of β-lactam (4-membered cyclic amide) rings is 1. The Morgan fingerprint density at radius 2 is 2.15 bits per heavy atom. The van der Waals surface area contributed by atoms with Crippen molar-refractivity contribution < 1.29 is 24.6 Å². The fraction of sp³-hybridized carbons (Fsp3) is 0.278. The fourth-order valence-electron chi connectivity index (χ4n) is 3.53. The van der Waals surface area contributed by atoms with Gasteiger partial charge in [0.05, 0.1) is 6.42 Å². The molecule has 1 unspecified atom stereocenters. The fourth-order valence-corrected chi connectivity index (χ4v) is 6.51. The van der Waals surface area contributed by atoms with Crippen molar-refractivity contribution in [2.75, 3.05) is 11.5 Å². The van der Waals surface area contributed by atoms with Crippen molar-refractivity contribution in [2.45, 2.75) is 22.9 Å². The number of nitrogens with zero attached hydrogens (tertiary/aromatic N) is 6. The summed E-state index contributed by atoms with van der Waals surface area (Å²) in [6.07, 6.45) is -0.0569. The van der Waals surface area contributed by atoms with Crippen molar-refractivity contribution >= 4 is 58.3 Å². The molecule has 2 amide bonds. The summed E-state index contributed by atoms with van der Waals surface area (Å²) >= 11 is 3.83. The van der Waals surface area contributed by atoms with Gasteiger partial charge >= 0.3 is 5.97 Å². The summed E-state index contributed by atoms with van der Waals surface area (Å²) < 4.78 is 1.28. The third-order valence-corrected chi connectivity index (χ3v) is 8.18. The molecule has 2 aliphatic rings. The molecule has 0 saturated carbocycles. The highest BCUT2D eigenvalue weighted by molar-refractivity contribution is 8.01. The molecule has 0 aliphatic carbocycles. The van der Waals surface area contributed by atoms with E-state index in [0.717, 1.165) is 11.3 Å². The molecule has 3 aromatic heterocycles. The SMILES string of the molecule is O=C(Cc1ccsc1O)NC1C(=O)N2C(C(=O)O)=C(CSc3ccc4nnnn4n3)CS[C@@H]12. The normalized spacial score (nSPS) is 20.0. The van der Waals surface area contributed by atoms with Gasteiger partial charge in [0, 0.05) is 17.1 Å². The Balaban J connectivity index is 1.27. The van der Waals surface area contributed by atoms with E-state index in [2.05, 4.69) is 25.9 Å². The predicted molar refractivity (Wildman–Crippen MR) is 119 cm³/mol. The van der Waals surface area contributed by atoms with Gasteiger partial charge in [-0.1, -0.05) is 0 Å².